The molecular weight excluding hydrogens is 428 g/mol. The molecule has 1 aliphatic carbocycles. The lowest BCUT2D eigenvalue weighted by Crippen LogP contribution is -2.56. The van der Waals surface area contributed by atoms with Crippen LogP contribution < -0.4 is 4.90 Å². The molecule has 1 saturated heterocycles. The van der Waals surface area contributed by atoms with E-state index >= 15 is 0 Å². The number of hydrogen-bond donors (Lipinski definition) is 1. The summed E-state index contributed by atoms with van der Waals surface area (Å²) in [6.07, 6.45) is 1.40. The molecule has 0 unspecified atom stereocenters. The number of anilines is 1. The number of aromatic nitrogens is 1. The lowest BCUT2D eigenvalue weighted by atomic mass is 10.1. The van der Waals surface area contributed by atoms with Gasteiger partial charge in [-0.3, -0.25) is 9.59 Å². The van der Waals surface area contributed by atoms with Crippen LogP contribution in [0.4, 0.5) is 5.69 Å². The van der Waals surface area contributed by atoms with Crippen molar-refractivity contribution in [3.8, 4) is 5.88 Å². The van der Waals surface area contributed by atoms with Crippen molar-refractivity contribution in [2.24, 2.45) is 5.92 Å². The molecule has 1 aliphatic heterocycles. The third-order valence-electron chi connectivity index (χ3n) is 5.64. The SMILES string of the molecule is CC(=O)O[C@@H](C(=O)OC(C)(C)C)[C@H]1OCCN(c2ccc3cn(CC4CC4)c(O)c3c2)C1=O. The van der Waals surface area contributed by atoms with Crippen molar-refractivity contribution < 1.29 is 33.7 Å². The Bertz CT molecular complexity index is 1080. The lowest BCUT2D eigenvalue weighted by Gasteiger charge is -2.35. The zero-order chi connectivity index (χ0) is 23.9. The number of carbonyl (C=O) groups is 3. The molecular formula is C24H30N2O7. The Morgan fingerprint density at radius 3 is 2.64 bits per heavy atom. The average molecular weight is 459 g/mol. The van der Waals surface area contributed by atoms with Gasteiger partial charge in [0.1, 0.15) is 5.60 Å². The van der Waals surface area contributed by atoms with Crippen LogP contribution in [0.2, 0.25) is 0 Å². The van der Waals surface area contributed by atoms with E-state index < -0.39 is 35.7 Å². The van der Waals surface area contributed by atoms with E-state index in [1.807, 2.05) is 16.8 Å². The van der Waals surface area contributed by atoms with Crippen molar-refractivity contribution in [2.45, 2.75) is 64.9 Å². The Kier molecular flexibility index (Phi) is 6.09. The molecule has 1 aromatic heterocycles. The molecule has 9 heteroatoms. The topological polar surface area (TPSA) is 107 Å². The molecule has 1 aromatic carbocycles. The number of benzene rings is 1. The van der Waals surface area contributed by atoms with E-state index in [0.29, 0.717) is 17.0 Å². The van der Waals surface area contributed by atoms with Crippen molar-refractivity contribution in [1.29, 1.82) is 0 Å². The smallest absolute Gasteiger partial charge is 0.351 e. The molecule has 9 nitrogen and oxygen atoms in total. The number of ether oxygens (including phenoxy) is 3. The van der Waals surface area contributed by atoms with Crippen LogP contribution in [0, 0.1) is 5.92 Å². The largest absolute Gasteiger partial charge is 0.494 e. The summed E-state index contributed by atoms with van der Waals surface area (Å²) in [5.74, 6) is -1.31. The summed E-state index contributed by atoms with van der Waals surface area (Å²) >= 11 is 0. The summed E-state index contributed by atoms with van der Waals surface area (Å²) < 4.78 is 17.9. The van der Waals surface area contributed by atoms with E-state index in [9.17, 15) is 19.5 Å². The summed E-state index contributed by atoms with van der Waals surface area (Å²) in [4.78, 5) is 39.2. The standard InChI is InChI=1S/C24H30N2O7/c1-14(27)32-20(23(30)33-24(2,3)4)19-22(29)26(9-10-31-19)17-8-7-16-13-25(12-15-5-6-15)21(28)18(16)11-17/h7-8,11,13,15,19-20,28H,5-6,9-10,12H2,1-4H3/t19-,20-/m1/s1. The number of rotatable bonds is 6. The first kappa shape index (κ1) is 23.1. The number of esters is 2. The maximum Gasteiger partial charge on any atom is 0.351 e. The molecule has 2 aliphatic rings. The number of nitrogens with zero attached hydrogens (tertiary/aromatic N) is 2. The highest BCUT2D eigenvalue weighted by Gasteiger charge is 2.44. The maximum atomic E-state index is 13.3. The summed E-state index contributed by atoms with van der Waals surface area (Å²) in [5, 5.41) is 12.2. The fourth-order valence-corrected chi connectivity index (χ4v) is 3.97. The van der Waals surface area contributed by atoms with Crippen LogP contribution in [-0.2, 0) is 35.1 Å². The normalized spacial score (nSPS) is 20.1. The fourth-order valence-electron chi connectivity index (χ4n) is 3.97. The highest BCUT2D eigenvalue weighted by atomic mass is 16.6. The predicted octanol–water partition coefficient (Wildman–Crippen LogP) is 2.76. The van der Waals surface area contributed by atoms with Gasteiger partial charge in [0, 0.05) is 42.7 Å². The predicted molar refractivity (Wildman–Crippen MR) is 120 cm³/mol. The number of amides is 1. The van der Waals surface area contributed by atoms with Crippen LogP contribution in [-0.4, -0.2) is 58.5 Å². The molecule has 1 N–H and O–H groups in total. The Morgan fingerprint density at radius 2 is 2.00 bits per heavy atom. The quantitative estimate of drug-likeness (QED) is 0.663. The second-order valence-electron chi connectivity index (χ2n) is 9.66. The third kappa shape index (κ3) is 5.13. The lowest BCUT2D eigenvalue weighted by molar-refractivity contribution is -0.188. The molecule has 0 radical (unpaired) electrons. The van der Waals surface area contributed by atoms with E-state index in [4.69, 9.17) is 14.2 Å². The average Bonchev–Trinajstić information content (AvgIpc) is 3.49. The monoisotopic (exact) mass is 458 g/mol. The Labute approximate surface area is 192 Å². The molecule has 1 amide bonds. The van der Waals surface area contributed by atoms with E-state index in [1.54, 1.807) is 32.9 Å². The van der Waals surface area contributed by atoms with Gasteiger partial charge in [-0.05, 0) is 51.7 Å². The van der Waals surface area contributed by atoms with Gasteiger partial charge in [0.25, 0.3) is 5.91 Å². The third-order valence-corrected chi connectivity index (χ3v) is 5.64. The minimum atomic E-state index is -1.52. The van der Waals surface area contributed by atoms with Gasteiger partial charge in [-0.2, -0.15) is 0 Å². The van der Waals surface area contributed by atoms with Gasteiger partial charge in [0.15, 0.2) is 12.0 Å². The molecule has 4 rings (SSSR count). The summed E-state index contributed by atoms with van der Waals surface area (Å²) in [7, 11) is 0. The van der Waals surface area contributed by atoms with Gasteiger partial charge < -0.3 is 28.8 Å². The molecule has 1 saturated carbocycles. The molecule has 33 heavy (non-hydrogen) atoms. The second kappa shape index (κ2) is 8.70. The number of hydrogen-bond acceptors (Lipinski definition) is 7. The highest BCUT2D eigenvalue weighted by molar-refractivity contribution is 6.02. The molecule has 2 atom stereocenters. The van der Waals surface area contributed by atoms with Crippen LogP contribution in [0.5, 0.6) is 5.88 Å². The Hall–Kier alpha value is -3.07. The summed E-state index contributed by atoms with van der Waals surface area (Å²) in [5.41, 5.74) is -0.269. The van der Waals surface area contributed by atoms with Crippen molar-refractivity contribution in [2.75, 3.05) is 18.1 Å². The van der Waals surface area contributed by atoms with Crippen molar-refractivity contribution >= 4 is 34.3 Å². The fraction of sp³-hybridized carbons (Fsp3) is 0.542. The van der Waals surface area contributed by atoms with Crippen LogP contribution in [0.25, 0.3) is 10.8 Å². The molecule has 2 aromatic rings. The number of morpholine rings is 1. The van der Waals surface area contributed by atoms with Crippen LogP contribution in [0.15, 0.2) is 24.4 Å². The minimum Gasteiger partial charge on any atom is -0.494 e. The summed E-state index contributed by atoms with van der Waals surface area (Å²) in [6.45, 7) is 7.38. The maximum absolute atomic E-state index is 13.3. The van der Waals surface area contributed by atoms with Gasteiger partial charge in [0.2, 0.25) is 6.10 Å². The second-order valence-corrected chi connectivity index (χ2v) is 9.66. The Balaban J connectivity index is 1.60. The first-order chi connectivity index (χ1) is 15.5. The Morgan fingerprint density at radius 1 is 1.27 bits per heavy atom. The summed E-state index contributed by atoms with van der Waals surface area (Å²) in [6, 6.07) is 5.39. The van der Waals surface area contributed by atoms with Gasteiger partial charge in [-0.1, -0.05) is 6.07 Å². The zero-order valence-corrected chi connectivity index (χ0v) is 19.4. The van der Waals surface area contributed by atoms with Crippen molar-refractivity contribution in [3.63, 3.8) is 0 Å². The van der Waals surface area contributed by atoms with Crippen LogP contribution in [0.3, 0.4) is 0 Å². The van der Waals surface area contributed by atoms with Gasteiger partial charge >= 0.3 is 11.9 Å². The van der Waals surface area contributed by atoms with Gasteiger partial charge in [0.05, 0.1) is 6.61 Å². The van der Waals surface area contributed by atoms with Crippen molar-refractivity contribution in [1.82, 2.24) is 4.57 Å². The molecule has 178 valence electrons. The number of fused-ring (bicyclic) bond motifs is 1. The van der Waals surface area contributed by atoms with E-state index in [-0.39, 0.29) is 19.0 Å². The first-order valence-electron chi connectivity index (χ1n) is 11.2. The van der Waals surface area contributed by atoms with Crippen molar-refractivity contribution in [3.05, 3.63) is 24.4 Å². The van der Waals surface area contributed by atoms with Gasteiger partial charge in [-0.25, -0.2) is 4.79 Å². The van der Waals surface area contributed by atoms with Crippen LogP contribution >= 0.6 is 0 Å². The molecule has 2 heterocycles. The highest BCUT2D eigenvalue weighted by Crippen LogP contribution is 2.36. The van der Waals surface area contributed by atoms with E-state index in [0.717, 1.165) is 18.9 Å². The van der Waals surface area contributed by atoms with Crippen LogP contribution in [0.1, 0.15) is 40.5 Å². The first-order valence-corrected chi connectivity index (χ1v) is 11.2. The van der Waals surface area contributed by atoms with Gasteiger partial charge in [-0.15, -0.1) is 0 Å². The molecule has 2 fully saturated rings. The molecule has 0 bridgehead atoms. The minimum absolute atomic E-state index is 0.143. The van der Waals surface area contributed by atoms with E-state index in [2.05, 4.69) is 0 Å². The number of carbonyl (C=O) groups excluding carboxylic acids is 3. The molecule has 0 spiro atoms. The number of aromatic hydroxyl groups is 1. The van der Waals surface area contributed by atoms with E-state index in [1.165, 1.54) is 17.7 Å². The zero-order valence-electron chi connectivity index (χ0n) is 19.4.